The van der Waals surface area contributed by atoms with Crippen LogP contribution in [0.1, 0.15) is 11.1 Å². The van der Waals surface area contributed by atoms with Gasteiger partial charge in [0.25, 0.3) is 5.56 Å². The molecule has 1 aromatic heterocycles. The van der Waals surface area contributed by atoms with Gasteiger partial charge < -0.3 is 10.1 Å². The summed E-state index contributed by atoms with van der Waals surface area (Å²) in [5, 5.41) is 7.17. The molecule has 1 heterocycles. The van der Waals surface area contributed by atoms with Crippen LogP contribution in [0.15, 0.2) is 59.4 Å². The van der Waals surface area contributed by atoms with Gasteiger partial charge in [-0.05, 0) is 61.4 Å². The number of carbonyl (C=O) groups is 1. The summed E-state index contributed by atoms with van der Waals surface area (Å²) in [6.07, 6.45) is 0. The van der Waals surface area contributed by atoms with Crippen LogP contribution >= 0.6 is 0 Å². The molecule has 138 valence electrons. The zero-order valence-electron chi connectivity index (χ0n) is 15.5. The van der Waals surface area contributed by atoms with Gasteiger partial charge in [-0.15, -0.1) is 0 Å². The van der Waals surface area contributed by atoms with E-state index < -0.39 is 0 Å². The Labute approximate surface area is 157 Å². The largest absolute Gasteiger partial charge is 0.497 e. The van der Waals surface area contributed by atoms with E-state index in [2.05, 4.69) is 10.4 Å². The van der Waals surface area contributed by atoms with E-state index in [1.807, 2.05) is 56.3 Å². The fraction of sp³-hybridized carbons (Fsp3) is 0.190. The van der Waals surface area contributed by atoms with E-state index in [9.17, 15) is 9.59 Å². The third-order valence-corrected chi connectivity index (χ3v) is 4.21. The number of amides is 1. The predicted octanol–water partition coefficient (Wildman–Crippen LogP) is 3.17. The van der Waals surface area contributed by atoms with Crippen molar-refractivity contribution in [1.82, 2.24) is 9.78 Å². The van der Waals surface area contributed by atoms with Crippen LogP contribution in [-0.2, 0) is 11.3 Å². The highest BCUT2D eigenvalue weighted by atomic mass is 16.5. The van der Waals surface area contributed by atoms with Gasteiger partial charge in [0.1, 0.15) is 12.3 Å². The molecule has 0 aliphatic carbocycles. The summed E-state index contributed by atoms with van der Waals surface area (Å²) < 4.78 is 6.31. The number of hydrogen-bond donors (Lipinski definition) is 1. The summed E-state index contributed by atoms with van der Waals surface area (Å²) in [6, 6.07) is 16.2. The zero-order chi connectivity index (χ0) is 19.4. The lowest BCUT2D eigenvalue weighted by Gasteiger charge is -2.11. The van der Waals surface area contributed by atoms with Crippen molar-refractivity contribution in [2.24, 2.45) is 0 Å². The average Bonchev–Trinajstić information content (AvgIpc) is 2.66. The van der Waals surface area contributed by atoms with Crippen molar-refractivity contribution in [3.8, 4) is 17.0 Å². The number of anilines is 1. The molecule has 0 unspecified atom stereocenters. The summed E-state index contributed by atoms with van der Waals surface area (Å²) in [5.74, 6) is 0.435. The summed E-state index contributed by atoms with van der Waals surface area (Å²) in [4.78, 5) is 24.5. The number of nitrogens with one attached hydrogen (secondary N) is 1. The number of hydrogen-bond acceptors (Lipinski definition) is 4. The molecule has 1 amide bonds. The molecule has 3 rings (SSSR count). The fourth-order valence-electron chi connectivity index (χ4n) is 2.67. The van der Waals surface area contributed by atoms with Crippen molar-refractivity contribution in [2.75, 3.05) is 12.4 Å². The number of nitrogens with zero attached hydrogens (tertiary/aromatic N) is 2. The van der Waals surface area contributed by atoms with Crippen LogP contribution in [-0.4, -0.2) is 22.8 Å². The van der Waals surface area contributed by atoms with Crippen molar-refractivity contribution in [2.45, 2.75) is 20.4 Å². The highest BCUT2D eigenvalue weighted by Gasteiger charge is 2.10. The Morgan fingerprint density at radius 3 is 2.52 bits per heavy atom. The SMILES string of the molecule is COc1ccc(-c2ccc(=O)n(CC(=O)Nc3cc(C)ccc3C)n2)cc1. The minimum atomic E-state index is -0.330. The molecular weight excluding hydrogens is 342 g/mol. The topological polar surface area (TPSA) is 73.2 Å². The zero-order valence-corrected chi connectivity index (χ0v) is 15.5. The number of carbonyl (C=O) groups excluding carboxylic acids is 1. The van der Waals surface area contributed by atoms with E-state index in [0.29, 0.717) is 5.69 Å². The second-order valence-corrected chi connectivity index (χ2v) is 6.31. The van der Waals surface area contributed by atoms with Crippen molar-refractivity contribution in [1.29, 1.82) is 0 Å². The molecule has 0 fully saturated rings. The van der Waals surface area contributed by atoms with Gasteiger partial charge in [-0.1, -0.05) is 12.1 Å². The molecular formula is C21H21N3O3. The first kappa shape index (κ1) is 18.4. The number of methoxy groups -OCH3 is 1. The number of aryl methyl sites for hydroxylation is 2. The quantitative estimate of drug-likeness (QED) is 0.756. The molecule has 0 saturated carbocycles. The molecule has 27 heavy (non-hydrogen) atoms. The van der Waals surface area contributed by atoms with E-state index >= 15 is 0 Å². The molecule has 0 bridgehead atoms. The highest BCUT2D eigenvalue weighted by molar-refractivity contribution is 5.91. The average molecular weight is 363 g/mol. The molecule has 2 aromatic carbocycles. The maximum Gasteiger partial charge on any atom is 0.267 e. The number of benzene rings is 2. The Morgan fingerprint density at radius 1 is 1.07 bits per heavy atom. The summed E-state index contributed by atoms with van der Waals surface area (Å²) in [6.45, 7) is 3.72. The minimum absolute atomic E-state index is 0.157. The van der Waals surface area contributed by atoms with Gasteiger partial charge in [-0.3, -0.25) is 9.59 Å². The Balaban J connectivity index is 1.80. The van der Waals surface area contributed by atoms with Crippen LogP contribution in [0.5, 0.6) is 5.75 Å². The monoisotopic (exact) mass is 363 g/mol. The lowest BCUT2D eigenvalue weighted by molar-refractivity contribution is -0.117. The van der Waals surface area contributed by atoms with Crippen LogP contribution < -0.4 is 15.6 Å². The minimum Gasteiger partial charge on any atom is -0.497 e. The fourth-order valence-corrected chi connectivity index (χ4v) is 2.67. The van der Waals surface area contributed by atoms with Crippen LogP contribution in [0.2, 0.25) is 0 Å². The Hall–Kier alpha value is -3.41. The number of ether oxygens (including phenoxy) is 1. The molecule has 6 nitrogen and oxygen atoms in total. The molecule has 1 N–H and O–H groups in total. The molecule has 6 heteroatoms. The standard InChI is InChI=1S/C21H21N3O3/c1-14-4-5-15(2)19(12-14)22-20(25)13-24-21(26)11-10-18(23-24)16-6-8-17(27-3)9-7-16/h4-12H,13H2,1-3H3,(H,22,25). The van der Waals surface area contributed by atoms with Crippen molar-refractivity contribution >= 4 is 11.6 Å². The van der Waals surface area contributed by atoms with E-state index in [1.54, 1.807) is 13.2 Å². The van der Waals surface area contributed by atoms with Crippen LogP contribution in [0.3, 0.4) is 0 Å². The third-order valence-electron chi connectivity index (χ3n) is 4.21. The lowest BCUT2D eigenvalue weighted by atomic mass is 10.1. The molecule has 0 aliphatic heterocycles. The maximum absolute atomic E-state index is 12.4. The van der Waals surface area contributed by atoms with Gasteiger partial charge in [0.2, 0.25) is 5.91 Å². The van der Waals surface area contributed by atoms with Gasteiger partial charge >= 0.3 is 0 Å². The Morgan fingerprint density at radius 2 is 1.81 bits per heavy atom. The molecule has 3 aromatic rings. The molecule has 0 radical (unpaired) electrons. The number of aromatic nitrogens is 2. The maximum atomic E-state index is 12.4. The van der Waals surface area contributed by atoms with Crippen LogP contribution in [0.25, 0.3) is 11.3 Å². The third kappa shape index (κ3) is 4.41. The lowest BCUT2D eigenvalue weighted by Crippen LogP contribution is -2.29. The van der Waals surface area contributed by atoms with Crippen molar-refractivity contribution in [3.05, 3.63) is 76.1 Å². The Kier molecular flexibility index (Phi) is 5.35. The first-order valence-corrected chi connectivity index (χ1v) is 8.56. The second kappa shape index (κ2) is 7.86. The van der Waals surface area contributed by atoms with Gasteiger partial charge in [0, 0.05) is 17.3 Å². The van der Waals surface area contributed by atoms with E-state index in [0.717, 1.165) is 28.1 Å². The molecule has 0 atom stereocenters. The van der Waals surface area contributed by atoms with E-state index in [-0.39, 0.29) is 18.0 Å². The molecule has 0 spiro atoms. The smallest absolute Gasteiger partial charge is 0.267 e. The molecule has 0 aliphatic rings. The van der Waals surface area contributed by atoms with Gasteiger partial charge in [-0.25, -0.2) is 4.68 Å². The van der Waals surface area contributed by atoms with Crippen molar-refractivity contribution in [3.63, 3.8) is 0 Å². The first-order chi connectivity index (χ1) is 13.0. The van der Waals surface area contributed by atoms with E-state index in [4.69, 9.17) is 4.74 Å². The first-order valence-electron chi connectivity index (χ1n) is 8.56. The van der Waals surface area contributed by atoms with E-state index in [1.165, 1.54) is 10.7 Å². The predicted molar refractivity (Wildman–Crippen MR) is 105 cm³/mol. The normalized spacial score (nSPS) is 10.5. The highest BCUT2D eigenvalue weighted by Crippen LogP contribution is 2.20. The van der Waals surface area contributed by atoms with Crippen LogP contribution in [0.4, 0.5) is 5.69 Å². The molecule has 0 saturated heterocycles. The summed E-state index contributed by atoms with van der Waals surface area (Å²) in [5.41, 5.74) is 3.85. The van der Waals surface area contributed by atoms with Crippen molar-refractivity contribution < 1.29 is 9.53 Å². The van der Waals surface area contributed by atoms with Gasteiger partial charge in [-0.2, -0.15) is 5.10 Å². The summed E-state index contributed by atoms with van der Waals surface area (Å²) >= 11 is 0. The van der Waals surface area contributed by atoms with Crippen LogP contribution in [0, 0.1) is 13.8 Å². The van der Waals surface area contributed by atoms with Gasteiger partial charge in [0.15, 0.2) is 0 Å². The second-order valence-electron chi connectivity index (χ2n) is 6.31. The Bertz CT molecular complexity index is 1020. The number of rotatable bonds is 5. The summed E-state index contributed by atoms with van der Waals surface area (Å²) in [7, 11) is 1.60. The van der Waals surface area contributed by atoms with Gasteiger partial charge in [0.05, 0.1) is 12.8 Å².